The summed E-state index contributed by atoms with van der Waals surface area (Å²) in [6.07, 6.45) is 1.75. The quantitative estimate of drug-likeness (QED) is 0.911. The van der Waals surface area contributed by atoms with Gasteiger partial charge in [-0.25, -0.2) is 0 Å². The molecule has 22 heavy (non-hydrogen) atoms. The molecule has 0 bridgehead atoms. The van der Waals surface area contributed by atoms with Crippen LogP contribution in [0.25, 0.3) is 10.9 Å². The summed E-state index contributed by atoms with van der Waals surface area (Å²) < 4.78 is 1.62. The van der Waals surface area contributed by atoms with Gasteiger partial charge >= 0.3 is 0 Å². The van der Waals surface area contributed by atoms with Crippen molar-refractivity contribution in [1.29, 1.82) is 0 Å². The first-order valence-electron chi connectivity index (χ1n) is 7.66. The fourth-order valence-corrected chi connectivity index (χ4v) is 3.01. The Bertz CT molecular complexity index is 806. The predicted molar refractivity (Wildman–Crippen MR) is 85.4 cm³/mol. The van der Waals surface area contributed by atoms with Gasteiger partial charge in [0.1, 0.15) is 11.3 Å². The number of para-hydroxylation sites is 1. The molecule has 5 heteroatoms. The van der Waals surface area contributed by atoms with Gasteiger partial charge in [-0.05, 0) is 30.4 Å². The fraction of sp³-hybridized carbons (Fsp3) is 0.412. The summed E-state index contributed by atoms with van der Waals surface area (Å²) in [5.41, 5.74) is 1.26. The molecule has 2 N–H and O–H groups in total. The third kappa shape index (κ3) is 2.26. The summed E-state index contributed by atoms with van der Waals surface area (Å²) in [6, 6.07) is 5.58. The van der Waals surface area contributed by atoms with Crippen LogP contribution in [0.3, 0.4) is 0 Å². The van der Waals surface area contributed by atoms with Crippen molar-refractivity contribution in [2.24, 2.45) is 5.92 Å². The Kier molecular flexibility index (Phi) is 3.64. The summed E-state index contributed by atoms with van der Waals surface area (Å²) in [7, 11) is 0. The molecule has 116 valence electrons. The lowest BCUT2D eigenvalue weighted by Gasteiger charge is -2.21. The van der Waals surface area contributed by atoms with Crippen LogP contribution >= 0.6 is 0 Å². The highest BCUT2D eigenvalue weighted by Crippen LogP contribution is 2.31. The summed E-state index contributed by atoms with van der Waals surface area (Å²) in [4.78, 5) is 25.0. The minimum atomic E-state index is -0.502. The highest BCUT2D eigenvalue weighted by molar-refractivity contribution is 6.02. The lowest BCUT2D eigenvalue weighted by atomic mass is 9.99. The van der Waals surface area contributed by atoms with Crippen molar-refractivity contribution in [3.05, 3.63) is 39.7 Å². The lowest BCUT2D eigenvalue weighted by Crippen LogP contribution is -2.36. The number of nitrogens with one attached hydrogen (secondary N) is 1. The summed E-state index contributed by atoms with van der Waals surface area (Å²) in [6.45, 7) is 5.00. The number of rotatable bonds is 3. The number of amides is 1. The maximum Gasteiger partial charge on any atom is 0.267 e. The maximum atomic E-state index is 12.6. The van der Waals surface area contributed by atoms with Crippen LogP contribution in [0.15, 0.2) is 23.0 Å². The van der Waals surface area contributed by atoms with Crippen LogP contribution in [0.2, 0.25) is 0 Å². The number of carbonyl (C=O) groups excluding carboxylic acids is 1. The standard InChI is InChI=1S/C17H20N2O3/c1-10(2)9-18-16(21)13-15(20)12-7-3-5-11-6-4-8-19(14(11)12)17(13)22/h3,5,7,10,20H,4,6,8-9H2,1-2H3,(H,18,21). The number of aromatic nitrogens is 1. The third-order valence-corrected chi connectivity index (χ3v) is 4.07. The monoisotopic (exact) mass is 300 g/mol. The van der Waals surface area contributed by atoms with Crippen LogP contribution in [0.5, 0.6) is 5.75 Å². The van der Waals surface area contributed by atoms with E-state index >= 15 is 0 Å². The average molecular weight is 300 g/mol. The SMILES string of the molecule is CC(C)CNC(=O)c1c(O)c2cccc3c2n(c1=O)CCC3. The van der Waals surface area contributed by atoms with Crippen LogP contribution in [0, 0.1) is 5.92 Å². The van der Waals surface area contributed by atoms with E-state index in [9.17, 15) is 14.7 Å². The second kappa shape index (κ2) is 5.48. The molecule has 1 aromatic heterocycles. The zero-order valence-electron chi connectivity index (χ0n) is 12.8. The zero-order valence-corrected chi connectivity index (χ0v) is 12.8. The lowest BCUT2D eigenvalue weighted by molar-refractivity contribution is 0.0944. The molecule has 2 heterocycles. The molecule has 0 radical (unpaired) electrons. The number of pyridine rings is 1. The van der Waals surface area contributed by atoms with Gasteiger partial charge in [0, 0.05) is 18.5 Å². The van der Waals surface area contributed by atoms with Crippen molar-refractivity contribution in [2.75, 3.05) is 6.54 Å². The van der Waals surface area contributed by atoms with Crippen LogP contribution < -0.4 is 10.9 Å². The molecule has 3 rings (SSSR count). The Morgan fingerprint density at radius 1 is 1.41 bits per heavy atom. The number of carbonyl (C=O) groups is 1. The van der Waals surface area contributed by atoms with E-state index in [-0.39, 0.29) is 17.2 Å². The molecule has 0 atom stereocenters. The topological polar surface area (TPSA) is 71.3 Å². The number of aromatic hydroxyl groups is 1. The van der Waals surface area contributed by atoms with E-state index in [2.05, 4.69) is 5.32 Å². The predicted octanol–water partition coefficient (Wildman–Crippen LogP) is 2.04. The molecular weight excluding hydrogens is 280 g/mol. The molecule has 5 nitrogen and oxygen atoms in total. The first-order valence-corrected chi connectivity index (χ1v) is 7.66. The van der Waals surface area contributed by atoms with Gasteiger partial charge in [0.05, 0.1) is 5.52 Å². The number of benzene rings is 1. The highest BCUT2D eigenvalue weighted by atomic mass is 16.3. The average Bonchev–Trinajstić information content (AvgIpc) is 2.50. The van der Waals surface area contributed by atoms with Gasteiger partial charge in [-0.2, -0.15) is 0 Å². The van der Waals surface area contributed by atoms with Crippen molar-refractivity contribution in [3.63, 3.8) is 0 Å². The smallest absolute Gasteiger partial charge is 0.267 e. The van der Waals surface area contributed by atoms with Crippen LogP contribution in [-0.4, -0.2) is 22.1 Å². The number of nitrogens with zero attached hydrogens (tertiary/aromatic N) is 1. The molecule has 0 fully saturated rings. The maximum absolute atomic E-state index is 12.6. The Morgan fingerprint density at radius 2 is 2.18 bits per heavy atom. The largest absolute Gasteiger partial charge is 0.506 e. The van der Waals surface area contributed by atoms with Crippen LogP contribution in [0.4, 0.5) is 0 Å². The van der Waals surface area contributed by atoms with E-state index in [0.29, 0.717) is 18.5 Å². The molecule has 1 amide bonds. The first-order chi connectivity index (χ1) is 10.5. The third-order valence-electron chi connectivity index (χ3n) is 4.07. The molecule has 0 spiro atoms. The van der Waals surface area contributed by atoms with Crippen molar-refractivity contribution in [2.45, 2.75) is 33.2 Å². The van der Waals surface area contributed by atoms with Crippen molar-refractivity contribution >= 4 is 16.8 Å². The van der Waals surface area contributed by atoms with E-state index in [0.717, 1.165) is 23.9 Å². The van der Waals surface area contributed by atoms with Gasteiger partial charge in [-0.3, -0.25) is 9.59 Å². The van der Waals surface area contributed by atoms with E-state index in [4.69, 9.17) is 0 Å². The van der Waals surface area contributed by atoms with Crippen molar-refractivity contribution < 1.29 is 9.90 Å². The Labute approximate surface area is 128 Å². The van der Waals surface area contributed by atoms with Gasteiger partial charge in [-0.1, -0.05) is 26.0 Å². The minimum Gasteiger partial charge on any atom is -0.506 e. The molecule has 0 unspecified atom stereocenters. The van der Waals surface area contributed by atoms with Gasteiger partial charge in [0.25, 0.3) is 11.5 Å². The molecule has 1 aliphatic rings. The highest BCUT2D eigenvalue weighted by Gasteiger charge is 2.24. The number of hydrogen-bond acceptors (Lipinski definition) is 3. The second-order valence-electron chi connectivity index (χ2n) is 6.20. The molecule has 1 aromatic carbocycles. The van der Waals surface area contributed by atoms with Gasteiger partial charge in [0.2, 0.25) is 0 Å². The van der Waals surface area contributed by atoms with Crippen molar-refractivity contribution in [3.8, 4) is 5.75 Å². The Balaban J connectivity index is 2.20. The molecule has 2 aromatic rings. The van der Waals surface area contributed by atoms with Crippen LogP contribution in [-0.2, 0) is 13.0 Å². The van der Waals surface area contributed by atoms with Crippen molar-refractivity contribution in [1.82, 2.24) is 9.88 Å². The Hall–Kier alpha value is -2.30. The summed E-state index contributed by atoms with van der Waals surface area (Å²) in [5, 5.41) is 13.8. The van der Waals surface area contributed by atoms with E-state index in [1.807, 2.05) is 26.0 Å². The number of hydrogen-bond donors (Lipinski definition) is 2. The van der Waals surface area contributed by atoms with Gasteiger partial charge in [-0.15, -0.1) is 0 Å². The molecule has 1 aliphatic heterocycles. The fourth-order valence-electron chi connectivity index (χ4n) is 3.01. The molecular formula is C17H20N2O3. The first kappa shape index (κ1) is 14.6. The normalized spacial score (nSPS) is 13.6. The van der Waals surface area contributed by atoms with Crippen LogP contribution in [0.1, 0.15) is 36.2 Å². The van der Waals surface area contributed by atoms with Gasteiger partial charge < -0.3 is 15.0 Å². The van der Waals surface area contributed by atoms with Gasteiger partial charge in [0.15, 0.2) is 0 Å². The summed E-state index contributed by atoms with van der Waals surface area (Å²) in [5.74, 6) is -0.432. The van der Waals surface area contributed by atoms with E-state index < -0.39 is 11.5 Å². The molecule has 0 saturated heterocycles. The second-order valence-corrected chi connectivity index (χ2v) is 6.20. The van der Waals surface area contributed by atoms with E-state index in [1.165, 1.54) is 0 Å². The minimum absolute atomic E-state index is 0.146. The molecule has 0 aliphatic carbocycles. The van der Waals surface area contributed by atoms with E-state index in [1.54, 1.807) is 10.6 Å². The number of aryl methyl sites for hydroxylation is 2. The zero-order chi connectivity index (χ0) is 15.9. The Morgan fingerprint density at radius 3 is 2.91 bits per heavy atom. The molecule has 0 saturated carbocycles. The summed E-state index contributed by atoms with van der Waals surface area (Å²) >= 11 is 0.